The summed E-state index contributed by atoms with van der Waals surface area (Å²) in [7, 11) is -3.33. The molecular weight excluding hydrogens is 290 g/mol. The van der Waals surface area contributed by atoms with E-state index in [0.717, 1.165) is 17.7 Å². The van der Waals surface area contributed by atoms with E-state index in [0.29, 0.717) is 5.69 Å². The molecule has 0 saturated carbocycles. The molecule has 2 rings (SSSR count). The topological polar surface area (TPSA) is 89.8 Å². The molecule has 0 amide bonds. The van der Waals surface area contributed by atoms with Gasteiger partial charge in [0.1, 0.15) is 6.33 Å². The monoisotopic (exact) mass is 309 g/mol. The summed E-state index contributed by atoms with van der Waals surface area (Å²) in [5.41, 5.74) is 2.24. The fourth-order valence-corrected chi connectivity index (χ4v) is 3.52. The van der Waals surface area contributed by atoms with E-state index in [-0.39, 0.29) is 11.7 Å². The molecule has 7 nitrogen and oxygen atoms in total. The van der Waals surface area contributed by atoms with Gasteiger partial charge in [0.05, 0.1) is 11.4 Å². The minimum atomic E-state index is -3.33. The number of aromatic nitrogens is 4. The van der Waals surface area contributed by atoms with Gasteiger partial charge in [-0.05, 0) is 47.0 Å². The molecule has 1 aromatic carbocycles. The van der Waals surface area contributed by atoms with Crippen molar-refractivity contribution in [2.45, 2.75) is 27.2 Å². The van der Waals surface area contributed by atoms with Crippen LogP contribution in [0.5, 0.6) is 0 Å². The highest BCUT2D eigenvalue weighted by Gasteiger charge is 2.15. The summed E-state index contributed by atoms with van der Waals surface area (Å²) in [6.45, 7) is 5.78. The molecular formula is C13H19N5O2S. The molecule has 2 aromatic rings. The summed E-state index contributed by atoms with van der Waals surface area (Å²) in [5.74, 6) is 0.251. The predicted octanol–water partition coefficient (Wildman–Crippen LogP) is 1.76. The highest BCUT2D eigenvalue weighted by molar-refractivity contribution is 7.92. The first-order valence-corrected chi connectivity index (χ1v) is 8.41. The number of sulfonamides is 1. The lowest BCUT2D eigenvalue weighted by Crippen LogP contribution is -2.21. The number of tetrazole rings is 1. The standard InChI is InChI=1S/C13H19N5O2S/c1-4-10(2)8-21(19,20)15-12-5-6-13(11(3)7-12)18-9-14-16-17-18/h5-7,9-10,15H,4,8H2,1-3H3. The average molecular weight is 309 g/mol. The fourth-order valence-electron chi connectivity index (χ4n) is 1.96. The first kappa shape index (κ1) is 15.4. The first-order chi connectivity index (χ1) is 9.91. The Kier molecular flexibility index (Phi) is 4.56. The predicted molar refractivity (Wildman–Crippen MR) is 80.8 cm³/mol. The summed E-state index contributed by atoms with van der Waals surface area (Å²) in [4.78, 5) is 0. The highest BCUT2D eigenvalue weighted by atomic mass is 32.2. The number of hydrogen-bond donors (Lipinski definition) is 1. The Morgan fingerprint density at radius 2 is 2.14 bits per heavy atom. The van der Waals surface area contributed by atoms with Gasteiger partial charge < -0.3 is 0 Å². The molecule has 21 heavy (non-hydrogen) atoms. The van der Waals surface area contributed by atoms with Crippen LogP contribution >= 0.6 is 0 Å². The van der Waals surface area contributed by atoms with Crippen LogP contribution in [0.4, 0.5) is 5.69 Å². The lowest BCUT2D eigenvalue weighted by atomic mass is 10.2. The van der Waals surface area contributed by atoms with Gasteiger partial charge in [-0.15, -0.1) is 5.10 Å². The third kappa shape index (κ3) is 4.01. The molecule has 0 spiro atoms. The van der Waals surface area contributed by atoms with Gasteiger partial charge in [0.25, 0.3) is 0 Å². The second-order valence-corrected chi connectivity index (χ2v) is 6.92. The van der Waals surface area contributed by atoms with Crippen molar-refractivity contribution in [1.82, 2.24) is 20.2 Å². The van der Waals surface area contributed by atoms with E-state index in [1.807, 2.05) is 20.8 Å². The maximum atomic E-state index is 12.0. The van der Waals surface area contributed by atoms with Gasteiger partial charge in [-0.2, -0.15) is 0 Å². The Morgan fingerprint density at radius 1 is 1.38 bits per heavy atom. The lowest BCUT2D eigenvalue weighted by Gasteiger charge is -2.13. The van der Waals surface area contributed by atoms with Crippen LogP contribution < -0.4 is 4.72 Å². The van der Waals surface area contributed by atoms with Gasteiger partial charge in [-0.1, -0.05) is 20.3 Å². The minimum Gasteiger partial charge on any atom is -0.284 e. The van der Waals surface area contributed by atoms with Crippen LogP contribution in [0.2, 0.25) is 0 Å². The Balaban J connectivity index is 2.18. The van der Waals surface area contributed by atoms with Crippen LogP contribution in [-0.4, -0.2) is 34.4 Å². The molecule has 0 fully saturated rings. The Hall–Kier alpha value is -1.96. The molecule has 1 unspecified atom stereocenters. The van der Waals surface area contributed by atoms with Crippen LogP contribution in [0.25, 0.3) is 5.69 Å². The molecule has 8 heteroatoms. The molecule has 0 radical (unpaired) electrons. The van der Waals surface area contributed by atoms with E-state index < -0.39 is 10.0 Å². The molecule has 1 aromatic heterocycles. The van der Waals surface area contributed by atoms with Crippen molar-refractivity contribution < 1.29 is 8.42 Å². The van der Waals surface area contributed by atoms with Gasteiger partial charge >= 0.3 is 0 Å². The lowest BCUT2D eigenvalue weighted by molar-refractivity contribution is 0.568. The van der Waals surface area contributed by atoms with Crippen LogP contribution in [-0.2, 0) is 10.0 Å². The van der Waals surface area contributed by atoms with E-state index in [1.54, 1.807) is 18.2 Å². The zero-order chi connectivity index (χ0) is 15.5. The number of nitrogens with zero attached hydrogens (tertiary/aromatic N) is 4. The number of rotatable bonds is 6. The maximum absolute atomic E-state index is 12.0. The third-order valence-corrected chi connectivity index (χ3v) is 4.82. The Morgan fingerprint density at radius 3 is 2.71 bits per heavy atom. The second-order valence-electron chi connectivity index (χ2n) is 5.15. The molecule has 0 aliphatic carbocycles. The summed E-state index contributed by atoms with van der Waals surface area (Å²) in [5, 5.41) is 11.0. The summed E-state index contributed by atoms with van der Waals surface area (Å²) in [6, 6.07) is 5.26. The smallest absolute Gasteiger partial charge is 0.232 e. The zero-order valence-corrected chi connectivity index (χ0v) is 13.1. The quantitative estimate of drug-likeness (QED) is 0.878. The van der Waals surface area contributed by atoms with Crippen molar-refractivity contribution in [3.8, 4) is 5.69 Å². The minimum absolute atomic E-state index is 0.122. The number of anilines is 1. The van der Waals surface area contributed by atoms with Crippen LogP contribution in [0.15, 0.2) is 24.5 Å². The van der Waals surface area contributed by atoms with Gasteiger partial charge in [-0.25, -0.2) is 13.1 Å². The molecule has 0 aliphatic rings. The molecule has 0 saturated heterocycles. The SMILES string of the molecule is CCC(C)CS(=O)(=O)Nc1ccc(-n2cnnn2)c(C)c1. The zero-order valence-electron chi connectivity index (χ0n) is 12.3. The van der Waals surface area contributed by atoms with Crippen molar-refractivity contribution in [2.24, 2.45) is 5.92 Å². The van der Waals surface area contributed by atoms with Gasteiger partial charge in [-0.3, -0.25) is 4.72 Å². The van der Waals surface area contributed by atoms with Crippen LogP contribution in [0.1, 0.15) is 25.8 Å². The van der Waals surface area contributed by atoms with Crippen LogP contribution in [0, 0.1) is 12.8 Å². The maximum Gasteiger partial charge on any atom is 0.232 e. The van der Waals surface area contributed by atoms with E-state index in [2.05, 4.69) is 20.2 Å². The summed E-state index contributed by atoms with van der Waals surface area (Å²) in [6.07, 6.45) is 2.33. The van der Waals surface area contributed by atoms with Gasteiger partial charge in [0.15, 0.2) is 0 Å². The fraction of sp³-hybridized carbons (Fsp3) is 0.462. The second kappa shape index (κ2) is 6.21. The molecule has 1 N–H and O–H groups in total. The number of nitrogens with one attached hydrogen (secondary N) is 1. The number of hydrogen-bond acceptors (Lipinski definition) is 5. The summed E-state index contributed by atoms with van der Waals surface area (Å²) >= 11 is 0. The third-order valence-electron chi connectivity index (χ3n) is 3.27. The number of aryl methyl sites for hydroxylation is 1. The Bertz CT molecular complexity index is 697. The van der Waals surface area contributed by atoms with Crippen molar-refractivity contribution in [3.05, 3.63) is 30.1 Å². The average Bonchev–Trinajstić information content (AvgIpc) is 2.91. The number of benzene rings is 1. The van der Waals surface area contributed by atoms with E-state index in [4.69, 9.17) is 0 Å². The van der Waals surface area contributed by atoms with Crippen molar-refractivity contribution in [3.63, 3.8) is 0 Å². The molecule has 1 heterocycles. The largest absolute Gasteiger partial charge is 0.284 e. The van der Waals surface area contributed by atoms with E-state index in [9.17, 15) is 8.42 Å². The molecule has 0 aliphatic heterocycles. The van der Waals surface area contributed by atoms with Crippen molar-refractivity contribution in [1.29, 1.82) is 0 Å². The van der Waals surface area contributed by atoms with E-state index in [1.165, 1.54) is 11.0 Å². The molecule has 114 valence electrons. The highest BCUT2D eigenvalue weighted by Crippen LogP contribution is 2.19. The van der Waals surface area contributed by atoms with Gasteiger partial charge in [0, 0.05) is 5.69 Å². The Labute approximate surface area is 124 Å². The molecule has 1 atom stereocenters. The van der Waals surface area contributed by atoms with Crippen molar-refractivity contribution >= 4 is 15.7 Å². The summed E-state index contributed by atoms with van der Waals surface area (Å²) < 4.78 is 28.2. The van der Waals surface area contributed by atoms with E-state index >= 15 is 0 Å². The first-order valence-electron chi connectivity index (χ1n) is 6.76. The normalized spacial score (nSPS) is 13.1. The van der Waals surface area contributed by atoms with Gasteiger partial charge in [0.2, 0.25) is 10.0 Å². The van der Waals surface area contributed by atoms with Crippen molar-refractivity contribution in [2.75, 3.05) is 10.5 Å². The molecule has 0 bridgehead atoms. The van der Waals surface area contributed by atoms with Crippen LogP contribution in [0.3, 0.4) is 0 Å².